The molecule has 2 fully saturated rings. The molecule has 1 amide bonds. The summed E-state index contributed by atoms with van der Waals surface area (Å²) >= 11 is 0. The largest absolute Gasteiger partial charge is 0.337 e. The Kier molecular flexibility index (Phi) is 4.57. The summed E-state index contributed by atoms with van der Waals surface area (Å²) in [4.78, 5) is 29.0. The van der Waals surface area contributed by atoms with Crippen molar-refractivity contribution in [3.05, 3.63) is 34.2 Å². The molecule has 0 spiro atoms. The summed E-state index contributed by atoms with van der Waals surface area (Å²) in [6.07, 6.45) is 6.37. The zero-order valence-corrected chi connectivity index (χ0v) is 14.4. The average molecular weight is 317 g/mol. The minimum absolute atomic E-state index is 0.00750. The Morgan fingerprint density at radius 2 is 1.87 bits per heavy atom. The maximum absolute atomic E-state index is 12.7. The fourth-order valence-corrected chi connectivity index (χ4v) is 4.18. The van der Waals surface area contributed by atoms with Crippen LogP contribution in [0.5, 0.6) is 0 Å². The van der Waals surface area contributed by atoms with Crippen LogP contribution in [0.1, 0.15) is 49.9 Å². The average Bonchev–Trinajstić information content (AvgIpc) is 2.88. The van der Waals surface area contributed by atoms with Crippen LogP contribution in [-0.2, 0) is 7.05 Å². The van der Waals surface area contributed by atoms with E-state index in [2.05, 4.69) is 18.7 Å². The third kappa shape index (κ3) is 3.20. The molecule has 3 heterocycles. The summed E-state index contributed by atoms with van der Waals surface area (Å²) in [5.41, 5.74) is 0.377. The SMILES string of the molecule is C[C@@H]1CC[C@H](C)N1[C@H]1CCCN(C(=O)c2ccn(C)c(=O)c2)C1. The molecule has 0 radical (unpaired) electrons. The summed E-state index contributed by atoms with van der Waals surface area (Å²) in [5, 5.41) is 0. The maximum atomic E-state index is 12.7. The van der Waals surface area contributed by atoms with E-state index in [1.54, 1.807) is 19.3 Å². The first-order valence-electron chi connectivity index (χ1n) is 8.70. The lowest BCUT2D eigenvalue weighted by Gasteiger charge is -2.41. The van der Waals surface area contributed by atoms with Gasteiger partial charge in [-0.05, 0) is 45.6 Å². The summed E-state index contributed by atoms with van der Waals surface area (Å²) in [6, 6.07) is 4.86. The van der Waals surface area contributed by atoms with E-state index in [9.17, 15) is 9.59 Å². The molecule has 3 atom stereocenters. The molecule has 1 aromatic heterocycles. The molecule has 0 bridgehead atoms. The Bertz CT molecular complexity index is 629. The Morgan fingerprint density at radius 3 is 2.52 bits per heavy atom. The summed E-state index contributed by atoms with van der Waals surface area (Å²) in [6.45, 7) is 6.17. The number of aromatic nitrogens is 1. The van der Waals surface area contributed by atoms with Gasteiger partial charge in [-0.3, -0.25) is 14.5 Å². The molecular weight excluding hydrogens is 290 g/mol. The number of carbonyl (C=O) groups excluding carboxylic acids is 1. The Labute approximate surface area is 137 Å². The quantitative estimate of drug-likeness (QED) is 0.836. The zero-order chi connectivity index (χ0) is 16.6. The second kappa shape index (κ2) is 6.48. The fraction of sp³-hybridized carbons (Fsp3) is 0.667. The number of hydrogen-bond acceptors (Lipinski definition) is 3. The molecule has 1 aromatic rings. The van der Waals surface area contributed by atoms with Crippen molar-refractivity contribution in [2.45, 2.75) is 57.7 Å². The second-order valence-corrected chi connectivity index (χ2v) is 7.13. The number of pyridine rings is 1. The van der Waals surface area contributed by atoms with E-state index < -0.39 is 0 Å². The van der Waals surface area contributed by atoms with E-state index in [0.29, 0.717) is 23.7 Å². The standard InChI is InChI=1S/C18H27N3O2/c1-13-6-7-14(2)21(13)16-5-4-9-20(12-16)18(23)15-8-10-19(3)17(22)11-15/h8,10-11,13-14,16H,4-7,9,12H2,1-3H3/t13-,14+,16-/m0/s1. The number of nitrogens with zero attached hydrogens (tertiary/aromatic N) is 3. The molecule has 5 nitrogen and oxygen atoms in total. The topological polar surface area (TPSA) is 45.5 Å². The minimum Gasteiger partial charge on any atom is -0.337 e. The van der Waals surface area contributed by atoms with E-state index in [-0.39, 0.29) is 11.5 Å². The molecule has 3 rings (SSSR count). The number of likely N-dealkylation sites (tertiary alicyclic amines) is 2. The van der Waals surface area contributed by atoms with Gasteiger partial charge < -0.3 is 9.47 Å². The predicted octanol–water partition coefficient (Wildman–Crippen LogP) is 1.86. The molecule has 0 unspecified atom stereocenters. The van der Waals surface area contributed by atoms with Gasteiger partial charge in [0.2, 0.25) is 0 Å². The highest BCUT2D eigenvalue weighted by atomic mass is 16.2. The number of rotatable bonds is 2. The van der Waals surface area contributed by atoms with Crippen LogP contribution in [0.15, 0.2) is 23.1 Å². The first kappa shape index (κ1) is 16.2. The molecule has 23 heavy (non-hydrogen) atoms. The number of hydrogen-bond donors (Lipinski definition) is 0. The van der Waals surface area contributed by atoms with Crippen LogP contribution in [0.2, 0.25) is 0 Å². The van der Waals surface area contributed by atoms with Crippen molar-refractivity contribution in [1.82, 2.24) is 14.4 Å². The van der Waals surface area contributed by atoms with Gasteiger partial charge in [0, 0.05) is 56.1 Å². The van der Waals surface area contributed by atoms with Crippen LogP contribution < -0.4 is 5.56 Å². The van der Waals surface area contributed by atoms with Crippen molar-refractivity contribution in [1.29, 1.82) is 0 Å². The monoisotopic (exact) mass is 317 g/mol. The van der Waals surface area contributed by atoms with Crippen LogP contribution in [-0.4, -0.2) is 51.5 Å². The first-order chi connectivity index (χ1) is 11.0. The fourth-order valence-electron chi connectivity index (χ4n) is 4.18. The van der Waals surface area contributed by atoms with Gasteiger partial charge in [-0.2, -0.15) is 0 Å². The zero-order valence-electron chi connectivity index (χ0n) is 14.4. The third-order valence-electron chi connectivity index (χ3n) is 5.48. The second-order valence-electron chi connectivity index (χ2n) is 7.13. The van der Waals surface area contributed by atoms with E-state index in [1.165, 1.54) is 23.5 Å². The molecule has 0 N–H and O–H groups in total. The predicted molar refractivity (Wildman–Crippen MR) is 90.6 cm³/mol. The van der Waals surface area contributed by atoms with Gasteiger partial charge in [0.05, 0.1) is 0 Å². The summed E-state index contributed by atoms with van der Waals surface area (Å²) < 4.78 is 1.49. The number of amides is 1. The van der Waals surface area contributed by atoms with Gasteiger partial charge in [-0.15, -0.1) is 0 Å². The highest BCUT2D eigenvalue weighted by molar-refractivity contribution is 5.94. The van der Waals surface area contributed by atoms with Crippen LogP contribution in [0.3, 0.4) is 0 Å². The van der Waals surface area contributed by atoms with Crippen molar-refractivity contribution in [2.75, 3.05) is 13.1 Å². The van der Waals surface area contributed by atoms with Gasteiger partial charge >= 0.3 is 0 Å². The molecule has 0 aliphatic carbocycles. The maximum Gasteiger partial charge on any atom is 0.254 e. The van der Waals surface area contributed by atoms with Crippen LogP contribution in [0.4, 0.5) is 0 Å². The van der Waals surface area contributed by atoms with Crippen LogP contribution in [0, 0.1) is 0 Å². The van der Waals surface area contributed by atoms with Gasteiger partial charge in [0.15, 0.2) is 0 Å². The molecule has 2 saturated heterocycles. The van der Waals surface area contributed by atoms with E-state index in [4.69, 9.17) is 0 Å². The molecule has 5 heteroatoms. The van der Waals surface area contributed by atoms with Gasteiger partial charge in [-0.1, -0.05) is 0 Å². The molecule has 126 valence electrons. The number of aryl methyl sites for hydroxylation is 1. The van der Waals surface area contributed by atoms with Crippen molar-refractivity contribution < 1.29 is 4.79 Å². The minimum atomic E-state index is -0.133. The van der Waals surface area contributed by atoms with E-state index in [0.717, 1.165) is 25.9 Å². The molecular formula is C18H27N3O2. The molecule has 0 saturated carbocycles. The molecule has 0 aromatic carbocycles. The smallest absolute Gasteiger partial charge is 0.254 e. The van der Waals surface area contributed by atoms with Crippen LogP contribution >= 0.6 is 0 Å². The summed E-state index contributed by atoms with van der Waals surface area (Å²) in [7, 11) is 1.70. The van der Waals surface area contributed by atoms with Crippen molar-refractivity contribution in [3.8, 4) is 0 Å². The Morgan fingerprint density at radius 1 is 1.17 bits per heavy atom. The Balaban J connectivity index is 1.74. The first-order valence-corrected chi connectivity index (χ1v) is 8.70. The highest BCUT2D eigenvalue weighted by Crippen LogP contribution is 2.30. The van der Waals surface area contributed by atoms with Crippen molar-refractivity contribution >= 4 is 5.91 Å². The number of piperidine rings is 1. The molecule has 2 aliphatic heterocycles. The van der Waals surface area contributed by atoms with Gasteiger partial charge in [0.1, 0.15) is 0 Å². The molecule has 2 aliphatic rings. The van der Waals surface area contributed by atoms with Crippen LogP contribution in [0.25, 0.3) is 0 Å². The lowest BCUT2D eigenvalue weighted by molar-refractivity contribution is 0.0487. The lowest BCUT2D eigenvalue weighted by Crippen LogP contribution is -2.52. The van der Waals surface area contributed by atoms with Gasteiger partial charge in [0.25, 0.3) is 11.5 Å². The third-order valence-corrected chi connectivity index (χ3v) is 5.48. The van der Waals surface area contributed by atoms with E-state index in [1.807, 2.05) is 4.90 Å². The lowest BCUT2D eigenvalue weighted by atomic mass is 10.0. The highest BCUT2D eigenvalue weighted by Gasteiger charge is 2.36. The Hall–Kier alpha value is -1.62. The van der Waals surface area contributed by atoms with Crippen molar-refractivity contribution in [3.63, 3.8) is 0 Å². The van der Waals surface area contributed by atoms with Gasteiger partial charge in [-0.25, -0.2) is 0 Å². The van der Waals surface area contributed by atoms with Crippen molar-refractivity contribution in [2.24, 2.45) is 7.05 Å². The summed E-state index contributed by atoms with van der Waals surface area (Å²) in [5.74, 6) is -0.00750. The number of carbonyl (C=O) groups is 1. The van der Waals surface area contributed by atoms with E-state index >= 15 is 0 Å². The normalized spacial score (nSPS) is 29.0.